The van der Waals surface area contributed by atoms with Crippen molar-refractivity contribution < 1.29 is 14.2 Å². The number of ether oxygens (including phenoxy) is 3. The van der Waals surface area contributed by atoms with E-state index in [1.165, 1.54) is 19.3 Å². The van der Waals surface area contributed by atoms with Crippen LogP contribution in [0.25, 0.3) is 11.4 Å². The monoisotopic (exact) mass is 412 g/mol. The van der Waals surface area contributed by atoms with Crippen LogP contribution in [-0.2, 0) is 4.74 Å². The topological polar surface area (TPSA) is 53.5 Å². The van der Waals surface area contributed by atoms with Crippen LogP contribution in [0.4, 0.5) is 0 Å². The van der Waals surface area contributed by atoms with Crippen molar-refractivity contribution >= 4 is 0 Å². The van der Waals surface area contributed by atoms with Crippen molar-refractivity contribution in [2.45, 2.75) is 58.8 Å². The number of rotatable bonds is 16. The summed E-state index contributed by atoms with van der Waals surface area (Å²) >= 11 is 0. The summed E-state index contributed by atoms with van der Waals surface area (Å²) in [4.78, 5) is 8.83. The molecular formula is C25H36N2O3. The Bertz CT molecular complexity index is 699. The molecule has 0 saturated heterocycles. The van der Waals surface area contributed by atoms with Gasteiger partial charge in [0.2, 0.25) is 0 Å². The van der Waals surface area contributed by atoms with Crippen molar-refractivity contribution in [1.82, 2.24) is 9.97 Å². The summed E-state index contributed by atoms with van der Waals surface area (Å²) in [5.74, 6) is 2.22. The minimum absolute atomic E-state index is 0.596. The fourth-order valence-corrected chi connectivity index (χ4v) is 2.83. The summed E-state index contributed by atoms with van der Waals surface area (Å²) in [6.07, 6.45) is 15.7. The average Bonchev–Trinajstić information content (AvgIpc) is 2.79. The maximum Gasteiger partial charge on any atom is 0.159 e. The third kappa shape index (κ3) is 9.88. The van der Waals surface area contributed by atoms with Crippen LogP contribution in [0, 0.1) is 0 Å². The zero-order valence-corrected chi connectivity index (χ0v) is 18.5. The number of hydrogen-bond donors (Lipinski definition) is 0. The van der Waals surface area contributed by atoms with Crippen LogP contribution in [0.2, 0.25) is 0 Å². The van der Waals surface area contributed by atoms with Crippen molar-refractivity contribution in [3.05, 3.63) is 48.8 Å². The highest BCUT2D eigenvalue weighted by molar-refractivity contribution is 5.56. The van der Waals surface area contributed by atoms with Gasteiger partial charge in [-0.15, -0.1) is 0 Å². The maximum absolute atomic E-state index is 5.75. The summed E-state index contributed by atoms with van der Waals surface area (Å²) in [6.45, 7) is 7.21. The van der Waals surface area contributed by atoms with Crippen molar-refractivity contribution in [1.29, 1.82) is 0 Å². The van der Waals surface area contributed by atoms with Crippen molar-refractivity contribution in [2.24, 2.45) is 0 Å². The number of benzene rings is 1. The van der Waals surface area contributed by atoms with Crippen molar-refractivity contribution in [3.8, 4) is 22.9 Å². The Morgan fingerprint density at radius 1 is 0.733 bits per heavy atom. The lowest BCUT2D eigenvalue weighted by molar-refractivity contribution is 0.127. The van der Waals surface area contributed by atoms with Gasteiger partial charge in [0.1, 0.15) is 12.4 Å². The molecule has 164 valence electrons. The molecule has 0 aliphatic carbocycles. The Morgan fingerprint density at radius 2 is 1.50 bits per heavy atom. The largest absolute Gasteiger partial charge is 0.490 e. The second-order valence-corrected chi connectivity index (χ2v) is 7.21. The van der Waals surface area contributed by atoms with Crippen LogP contribution >= 0.6 is 0 Å². The molecule has 0 unspecified atom stereocenters. The van der Waals surface area contributed by atoms with Gasteiger partial charge < -0.3 is 14.2 Å². The minimum atomic E-state index is 0.596. The van der Waals surface area contributed by atoms with Gasteiger partial charge in [0.25, 0.3) is 0 Å². The molecule has 0 N–H and O–H groups in total. The van der Waals surface area contributed by atoms with Crippen LogP contribution in [0.15, 0.2) is 48.8 Å². The molecule has 0 saturated carbocycles. The summed E-state index contributed by atoms with van der Waals surface area (Å²) in [5.41, 5.74) is 0.956. The lowest BCUT2D eigenvalue weighted by atomic mass is 10.2. The van der Waals surface area contributed by atoms with E-state index in [2.05, 4.69) is 36.0 Å². The van der Waals surface area contributed by atoms with E-state index in [-0.39, 0.29) is 0 Å². The molecule has 1 aromatic heterocycles. The van der Waals surface area contributed by atoms with Crippen LogP contribution in [0.1, 0.15) is 58.8 Å². The molecule has 1 heterocycles. The average molecular weight is 413 g/mol. The Morgan fingerprint density at radius 3 is 2.23 bits per heavy atom. The minimum Gasteiger partial charge on any atom is -0.490 e. The molecule has 1 aromatic carbocycles. The highest BCUT2D eigenvalue weighted by Crippen LogP contribution is 2.20. The Hall–Kier alpha value is -2.40. The Balaban J connectivity index is 1.69. The number of nitrogens with zero attached hydrogens (tertiary/aromatic N) is 2. The van der Waals surface area contributed by atoms with E-state index in [0.717, 1.165) is 50.2 Å². The highest BCUT2D eigenvalue weighted by Gasteiger charge is 2.03. The predicted molar refractivity (Wildman–Crippen MR) is 122 cm³/mol. The molecule has 2 aromatic rings. The van der Waals surface area contributed by atoms with Gasteiger partial charge in [-0.1, -0.05) is 38.8 Å². The molecule has 0 aliphatic rings. The molecule has 0 spiro atoms. The first kappa shape index (κ1) is 23.9. The lowest BCUT2D eigenvalue weighted by Crippen LogP contribution is -2.02. The van der Waals surface area contributed by atoms with E-state index in [1.54, 1.807) is 12.4 Å². The third-order valence-electron chi connectivity index (χ3n) is 4.53. The van der Waals surface area contributed by atoms with Gasteiger partial charge in [-0.05, 0) is 56.4 Å². The number of unbranched alkanes of at least 4 members (excludes halogenated alkanes) is 4. The lowest BCUT2D eigenvalue weighted by Gasteiger charge is -2.07. The second-order valence-electron chi connectivity index (χ2n) is 7.21. The van der Waals surface area contributed by atoms with E-state index in [1.807, 2.05) is 24.3 Å². The van der Waals surface area contributed by atoms with E-state index >= 15 is 0 Å². The molecule has 0 radical (unpaired) electrons. The number of allylic oxidation sites excluding steroid dienone is 1. The van der Waals surface area contributed by atoms with Gasteiger partial charge in [-0.2, -0.15) is 0 Å². The molecule has 5 nitrogen and oxygen atoms in total. The highest BCUT2D eigenvalue weighted by atomic mass is 16.5. The number of aromatic nitrogens is 2. The van der Waals surface area contributed by atoms with Gasteiger partial charge in [0, 0.05) is 18.8 Å². The first-order valence-electron chi connectivity index (χ1n) is 11.2. The Kier molecular flexibility index (Phi) is 12.3. The SMILES string of the molecule is CCCCCC=CCOc1ccc(-c2ncc(OCCCCOCCC)cn2)cc1. The summed E-state index contributed by atoms with van der Waals surface area (Å²) in [5, 5.41) is 0. The van der Waals surface area contributed by atoms with Crippen LogP contribution in [0.3, 0.4) is 0 Å². The van der Waals surface area contributed by atoms with Crippen LogP contribution in [0.5, 0.6) is 11.5 Å². The zero-order chi connectivity index (χ0) is 21.3. The van der Waals surface area contributed by atoms with Gasteiger partial charge in [-0.25, -0.2) is 9.97 Å². The van der Waals surface area contributed by atoms with E-state index in [9.17, 15) is 0 Å². The fraction of sp³-hybridized carbons (Fsp3) is 0.520. The van der Waals surface area contributed by atoms with Gasteiger partial charge in [-0.3, -0.25) is 0 Å². The summed E-state index contributed by atoms with van der Waals surface area (Å²) in [6, 6.07) is 7.86. The molecule has 0 aliphatic heterocycles. The maximum atomic E-state index is 5.75. The van der Waals surface area contributed by atoms with Gasteiger partial charge in [0.05, 0.1) is 19.0 Å². The second kappa shape index (κ2) is 15.4. The molecule has 0 fully saturated rings. The number of hydrogen-bond acceptors (Lipinski definition) is 5. The van der Waals surface area contributed by atoms with Gasteiger partial charge in [0.15, 0.2) is 11.6 Å². The molecule has 30 heavy (non-hydrogen) atoms. The molecular weight excluding hydrogens is 376 g/mol. The molecule has 0 bridgehead atoms. The molecule has 5 heteroatoms. The summed E-state index contributed by atoms with van der Waals surface area (Å²) in [7, 11) is 0. The Labute approximate surface area is 181 Å². The first-order chi connectivity index (χ1) is 14.8. The van der Waals surface area contributed by atoms with E-state index in [4.69, 9.17) is 14.2 Å². The fourth-order valence-electron chi connectivity index (χ4n) is 2.83. The predicted octanol–water partition coefficient (Wildman–Crippen LogP) is 6.24. The quantitative estimate of drug-likeness (QED) is 0.241. The van der Waals surface area contributed by atoms with Crippen LogP contribution in [-0.4, -0.2) is 36.4 Å². The standard InChI is InChI=1S/C25H36N2O3/c1-3-5-6-7-8-9-18-29-23-14-12-22(13-15-23)25-26-20-24(21-27-25)30-19-11-10-17-28-16-4-2/h8-9,12-15,20-21H,3-7,10-11,16-19H2,1-2H3. The van der Waals surface area contributed by atoms with Crippen LogP contribution < -0.4 is 9.47 Å². The zero-order valence-electron chi connectivity index (χ0n) is 18.5. The molecule has 0 amide bonds. The van der Waals surface area contributed by atoms with E-state index < -0.39 is 0 Å². The van der Waals surface area contributed by atoms with E-state index in [0.29, 0.717) is 24.8 Å². The smallest absolute Gasteiger partial charge is 0.159 e. The third-order valence-corrected chi connectivity index (χ3v) is 4.53. The molecule has 2 rings (SSSR count). The summed E-state index contributed by atoms with van der Waals surface area (Å²) < 4.78 is 16.9. The van der Waals surface area contributed by atoms with Crippen molar-refractivity contribution in [2.75, 3.05) is 26.4 Å². The molecule has 0 atom stereocenters. The van der Waals surface area contributed by atoms with Gasteiger partial charge >= 0.3 is 0 Å². The normalized spacial score (nSPS) is 11.1. The van der Waals surface area contributed by atoms with Crippen molar-refractivity contribution in [3.63, 3.8) is 0 Å². The first-order valence-corrected chi connectivity index (χ1v) is 11.2.